The van der Waals surface area contributed by atoms with E-state index in [9.17, 15) is 13.2 Å². The minimum atomic E-state index is -3.99. The molecule has 0 radical (unpaired) electrons. The first-order chi connectivity index (χ1) is 14.8. The smallest absolute Gasteiger partial charge is 0.264 e. The lowest BCUT2D eigenvalue weighted by atomic mass is 10.2. The van der Waals surface area contributed by atoms with E-state index < -0.39 is 22.5 Å². The maximum atomic E-state index is 13.2. The third kappa shape index (κ3) is 6.07. The van der Waals surface area contributed by atoms with Gasteiger partial charge < -0.3 is 0 Å². The quantitative estimate of drug-likeness (QED) is 0.334. The molecule has 0 aliphatic rings. The number of carbonyl (C=O) groups is 1. The maximum absolute atomic E-state index is 13.2. The monoisotopic (exact) mass is 539 g/mol. The van der Waals surface area contributed by atoms with E-state index in [-0.39, 0.29) is 4.90 Å². The van der Waals surface area contributed by atoms with Crippen molar-refractivity contribution in [2.24, 2.45) is 5.10 Å². The van der Waals surface area contributed by atoms with E-state index in [4.69, 9.17) is 23.2 Å². The highest BCUT2D eigenvalue weighted by atomic mass is 79.9. The van der Waals surface area contributed by atoms with Gasteiger partial charge in [-0.15, -0.1) is 0 Å². The number of hydrogen-bond acceptors (Lipinski definition) is 4. The highest BCUT2D eigenvalue weighted by Gasteiger charge is 2.27. The van der Waals surface area contributed by atoms with Gasteiger partial charge in [-0.2, -0.15) is 5.10 Å². The summed E-state index contributed by atoms with van der Waals surface area (Å²) in [4.78, 5) is 12.6. The topological polar surface area (TPSA) is 78.8 Å². The van der Waals surface area contributed by atoms with E-state index in [1.807, 2.05) is 0 Å². The zero-order valence-corrected chi connectivity index (χ0v) is 19.8. The first kappa shape index (κ1) is 23.3. The van der Waals surface area contributed by atoms with Crippen molar-refractivity contribution in [1.82, 2.24) is 5.43 Å². The molecule has 0 aromatic heterocycles. The van der Waals surface area contributed by atoms with Crippen LogP contribution in [0.3, 0.4) is 0 Å². The number of halogens is 3. The molecule has 0 spiro atoms. The number of sulfonamides is 1. The summed E-state index contributed by atoms with van der Waals surface area (Å²) in [7, 11) is -3.99. The minimum Gasteiger partial charge on any atom is -0.271 e. The second-order valence-electron chi connectivity index (χ2n) is 6.26. The summed E-state index contributed by atoms with van der Waals surface area (Å²) in [5.41, 5.74) is 3.21. The molecule has 6 nitrogen and oxygen atoms in total. The van der Waals surface area contributed by atoms with Gasteiger partial charge in [-0.05, 0) is 42.5 Å². The first-order valence-corrected chi connectivity index (χ1v) is 11.9. The van der Waals surface area contributed by atoms with Crippen molar-refractivity contribution in [3.8, 4) is 0 Å². The van der Waals surface area contributed by atoms with E-state index in [2.05, 4.69) is 26.5 Å². The van der Waals surface area contributed by atoms with Gasteiger partial charge in [0.2, 0.25) is 0 Å². The summed E-state index contributed by atoms with van der Waals surface area (Å²) >= 11 is 15.3. The molecule has 3 aromatic carbocycles. The Bertz CT molecular complexity index is 1220. The summed E-state index contributed by atoms with van der Waals surface area (Å²) in [6, 6.07) is 19.4. The van der Waals surface area contributed by atoms with Crippen molar-refractivity contribution in [2.75, 3.05) is 10.8 Å². The van der Waals surface area contributed by atoms with Crippen LogP contribution in [-0.2, 0) is 14.8 Å². The maximum Gasteiger partial charge on any atom is 0.264 e. The molecule has 0 fully saturated rings. The van der Waals surface area contributed by atoms with Crippen LogP contribution in [-0.4, -0.2) is 27.1 Å². The fraction of sp³-hybridized carbons (Fsp3) is 0.0476. The van der Waals surface area contributed by atoms with Crippen molar-refractivity contribution in [1.29, 1.82) is 0 Å². The summed E-state index contributed by atoms with van der Waals surface area (Å²) in [5, 5.41) is 4.71. The Morgan fingerprint density at radius 3 is 2.45 bits per heavy atom. The van der Waals surface area contributed by atoms with Crippen molar-refractivity contribution >= 4 is 67.0 Å². The highest BCUT2D eigenvalue weighted by molar-refractivity contribution is 9.10. The normalized spacial score (nSPS) is 11.5. The number of nitrogens with zero attached hydrogens (tertiary/aromatic N) is 2. The van der Waals surface area contributed by atoms with Gasteiger partial charge in [-0.25, -0.2) is 13.8 Å². The number of benzene rings is 3. The Balaban J connectivity index is 1.83. The third-order valence-corrected chi connectivity index (χ3v) is 6.91. The molecule has 0 heterocycles. The second-order valence-corrected chi connectivity index (χ2v) is 9.89. The van der Waals surface area contributed by atoms with Gasteiger partial charge >= 0.3 is 0 Å². The molecule has 0 atom stereocenters. The average Bonchev–Trinajstić information content (AvgIpc) is 2.74. The zero-order chi connectivity index (χ0) is 22.4. The Kier molecular flexibility index (Phi) is 7.72. The van der Waals surface area contributed by atoms with E-state index in [1.165, 1.54) is 18.3 Å². The molecule has 1 N–H and O–H groups in total. The summed E-state index contributed by atoms with van der Waals surface area (Å²) < 4.78 is 28.1. The number of anilines is 1. The molecule has 0 saturated carbocycles. The van der Waals surface area contributed by atoms with Crippen molar-refractivity contribution < 1.29 is 13.2 Å². The molecule has 31 heavy (non-hydrogen) atoms. The largest absolute Gasteiger partial charge is 0.271 e. The minimum absolute atomic E-state index is 0.0687. The van der Waals surface area contributed by atoms with Gasteiger partial charge in [0.1, 0.15) is 6.54 Å². The fourth-order valence-corrected chi connectivity index (χ4v) is 4.89. The number of amides is 1. The van der Waals surface area contributed by atoms with Crippen LogP contribution in [0.25, 0.3) is 0 Å². The van der Waals surface area contributed by atoms with Crippen LogP contribution in [0, 0.1) is 0 Å². The van der Waals surface area contributed by atoms with Gasteiger partial charge in [0.25, 0.3) is 15.9 Å². The summed E-state index contributed by atoms with van der Waals surface area (Å²) in [5.74, 6) is -0.624. The van der Waals surface area contributed by atoms with Crippen molar-refractivity contribution in [2.45, 2.75) is 4.90 Å². The number of hydrazone groups is 1. The Morgan fingerprint density at radius 1 is 1.03 bits per heavy atom. The van der Waals surface area contributed by atoms with E-state index in [0.717, 1.165) is 4.31 Å². The lowest BCUT2D eigenvalue weighted by Crippen LogP contribution is -2.39. The van der Waals surface area contributed by atoms with Crippen molar-refractivity contribution in [3.05, 3.63) is 92.9 Å². The standard InChI is InChI=1S/C21H16BrCl2N3O3S/c22-16-5-4-6-18(11-16)27(31(29,30)19-7-2-1-3-8-19)14-21(28)26-25-13-15-9-10-17(23)12-20(15)24/h1-13H,14H2,(H,26,28)/b25-13-. The Labute approximate surface area is 198 Å². The molecule has 0 saturated heterocycles. The van der Waals surface area contributed by atoms with Gasteiger partial charge in [0.15, 0.2) is 0 Å². The molecular formula is C21H16BrCl2N3O3S. The van der Waals surface area contributed by atoms with Gasteiger partial charge in [0.05, 0.1) is 21.8 Å². The predicted octanol–water partition coefficient (Wildman–Crippen LogP) is 5.10. The first-order valence-electron chi connectivity index (χ1n) is 8.88. The van der Waals surface area contributed by atoms with Crippen LogP contribution in [0.15, 0.2) is 87.3 Å². The molecule has 0 bridgehead atoms. The van der Waals surface area contributed by atoms with Crippen LogP contribution < -0.4 is 9.73 Å². The molecule has 0 unspecified atom stereocenters. The van der Waals surface area contributed by atoms with E-state index in [1.54, 1.807) is 60.7 Å². The van der Waals surface area contributed by atoms with Crippen LogP contribution in [0.5, 0.6) is 0 Å². The fourth-order valence-electron chi connectivity index (χ4n) is 2.61. The number of nitrogens with one attached hydrogen (secondary N) is 1. The molecule has 0 aliphatic carbocycles. The molecular weight excluding hydrogens is 525 g/mol. The molecule has 160 valence electrons. The van der Waals surface area contributed by atoms with Gasteiger partial charge in [0, 0.05) is 15.1 Å². The lowest BCUT2D eigenvalue weighted by Gasteiger charge is -2.23. The van der Waals surface area contributed by atoms with Crippen LogP contribution >= 0.6 is 39.1 Å². The molecule has 3 aromatic rings. The second kappa shape index (κ2) is 10.3. The van der Waals surface area contributed by atoms with Crippen LogP contribution in [0.2, 0.25) is 10.0 Å². The summed E-state index contributed by atoms with van der Waals surface area (Å²) in [6.45, 7) is -0.473. The summed E-state index contributed by atoms with van der Waals surface area (Å²) in [6.07, 6.45) is 1.35. The van der Waals surface area contributed by atoms with Gasteiger partial charge in [-0.1, -0.05) is 69.5 Å². The molecule has 0 aliphatic heterocycles. The lowest BCUT2D eigenvalue weighted by molar-refractivity contribution is -0.119. The SMILES string of the molecule is O=C(CN(c1cccc(Br)c1)S(=O)(=O)c1ccccc1)N/N=C\c1ccc(Cl)cc1Cl. The number of hydrogen-bond donors (Lipinski definition) is 1. The van der Waals surface area contributed by atoms with E-state index in [0.29, 0.717) is 25.8 Å². The van der Waals surface area contributed by atoms with Gasteiger partial charge in [-0.3, -0.25) is 9.10 Å². The Hall–Kier alpha value is -2.39. The van der Waals surface area contributed by atoms with Crippen molar-refractivity contribution in [3.63, 3.8) is 0 Å². The number of carbonyl (C=O) groups excluding carboxylic acids is 1. The average molecular weight is 541 g/mol. The third-order valence-electron chi connectivity index (χ3n) is 4.07. The predicted molar refractivity (Wildman–Crippen MR) is 127 cm³/mol. The highest BCUT2D eigenvalue weighted by Crippen LogP contribution is 2.26. The van der Waals surface area contributed by atoms with Crippen LogP contribution in [0.1, 0.15) is 5.56 Å². The number of rotatable bonds is 7. The van der Waals surface area contributed by atoms with E-state index >= 15 is 0 Å². The van der Waals surface area contributed by atoms with Crippen LogP contribution in [0.4, 0.5) is 5.69 Å². The molecule has 1 amide bonds. The zero-order valence-electron chi connectivity index (χ0n) is 15.9. The molecule has 3 rings (SSSR count). The molecule has 10 heteroatoms. The Morgan fingerprint density at radius 2 is 1.77 bits per heavy atom.